The average molecular weight is 210 g/mol. The van der Waals surface area contributed by atoms with Crippen molar-refractivity contribution in [1.29, 1.82) is 0 Å². The van der Waals surface area contributed by atoms with Crippen LogP contribution < -0.4 is 0 Å². The molecule has 1 aliphatic heterocycles. The van der Waals surface area contributed by atoms with Gasteiger partial charge in [-0.1, -0.05) is 19.1 Å². The molecule has 3 heteroatoms. The van der Waals surface area contributed by atoms with Gasteiger partial charge in [-0.2, -0.15) is 0 Å². The highest BCUT2D eigenvalue weighted by molar-refractivity contribution is 7.99. The molecule has 0 aliphatic carbocycles. The van der Waals surface area contributed by atoms with E-state index in [0.29, 0.717) is 13.2 Å². The fraction of sp³-hybridized carbons (Fsp3) is 0.455. The van der Waals surface area contributed by atoms with E-state index in [2.05, 4.69) is 19.1 Å². The first kappa shape index (κ1) is 10.0. The highest BCUT2D eigenvalue weighted by Gasteiger charge is 2.37. The second kappa shape index (κ2) is 3.93. The molecule has 0 amide bonds. The highest BCUT2D eigenvalue weighted by atomic mass is 32.2. The molecular weight excluding hydrogens is 196 g/mol. The Bertz CT molecular complexity index is 321. The molecular formula is C11H14O2S. The lowest BCUT2D eigenvalue weighted by molar-refractivity contribution is -0.184. The van der Waals surface area contributed by atoms with Crippen LogP contribution in [0.2, 0.25) is 0 Å². The maximum absolute atomic E-state index is 10.0. The molecule has 2 nitrogen and oxygen atoms in total. The van der Waals surface area contributed by atoms with Gasteiger partial charge in [0, 0.05) is 4.90 Å². The Morgan fingerprint density at radius 2 is 2.29 bits per heavy atom. The lowest BCUT2D eigenvalue weighted by Crippen LogP contribution is -2.46. The van der Waals surface area contributed by atoms with Crippen LogP contribution >= 0.6 is 11.8 Å². The molecule has 2 rings (SSSR count). The molecule has 1 aromatic rings. The van der Waals surface area contributed by atoms with Gasteiger partial charge in [0.05, 0.1) is 13.2 Å². The number of ether oxygens (including phenoxy) is 1. The summed E-state index contributed by atoms with van der Waals surface area (Å²) in [6.07, 6.45) is 0. The second-order valence-electron chi connectivity index (χ2n) is 3.49. The smallest absolute Gasteiger partial charge is 0.136 e. The van der Waals surface area contributed by atoms with Crippen LogP contribution in [0.4, 0.5) is 0 Å². The van der Waals surface area contributed by atoms with E-state index >= 15 is 0 Å². The predicted octanol–water partition coefficient (Wildman–Crippen LogP) is 2.02. The van der Waals surface area contributed by atoms with Crippen molar-refractivity contribution >= 4 is 11.8 Å². The van der Waals surface area contributed by atoms with E-state index in [9.17, 15) is 5.11 Å². The zero-order valence-corrected chi connectivity index (χ0v) is 9.01. The van der Waals surface area contributed by atoms with Gasteiger partial charge in [-0.05, 0) is 23.4 Å². The molecule has 76 valence electrons. The van der Waals surface area contributed by atoms with Crippen LogP contribution in [0, 0.1) is 0 Å². The molecule has 0 atom stereocenters. The molecule has 0 radical (unpaired) electrons. The quantitative estimate of drug-likeness (QED) is 0.774. The summed E-state index contributed by atoms with van der Waals surface area (Å²) in [6, 6.07) is 8.07. The normalized spacial score (nSPS) is 19.0. The van der Waals surface area contributed by atoms with Crippen LogP contribution in [0.1, 0.15) is 12.5 Å². The minimum Gasteiger partial charge on any atom is -0.380 e. The van der Waals surface area contributed by atoms with Crippen molar-refractivity contribution in [3.63, 3.8) is 0 Å². The Morgan fingerprint density at radius 1 is 1.50 bits per heavy atom. The minimum absolute atomic E-state index is 0.424. The van der Waals surface area contributed by atoms with Crippen molar-refractivity contribution < 1.29 is 9.84 Å². The molecule has 1 fully saturated rings. The molecule has 1 N–H and O–H groups in total. The van der Waals surface area contributed by atoms with Crippen molar-refractivity contribution in [2.24, 2.45) is 0 Å². The van der Waals surface area contributed by atoms with Gasteiger partial charge < -0.3 is 9.84 Å². The summed E-state index contributed by atoms with van der Waals surface area (Å²) in [5.41, 5.74) is 0.242. The fourth-order valence-electron chi connectivity index (χ4n) is 1.50. The van der Waals surface area contributed by atoms with Crippen LogP contribution in [0.15, 0.2) is 29.2 Å². The standard InChI is InChI=1S/C11H14O2S/c1-2-14-10-5-3-4-9(6-10)11(12)7-13-8-11/h3-6,12H,2,7-8H2,1H3. The van der Waals surface area contributed by atoms with Crippen LogP contribution in [-0.2, 0) is 10.3 Å². The predicted molar refractivity (Wildman–Crippen MR) is 57.6 cm³/mol. The van der Waals surface area contributed by atoms with E-state index < -0.39 is 5.60 Å². The number of thioether (sulfide) groups is 1. The molecule has 1 aliphatic rings. The zero-order valence-electron chi connectivity index (χ0n) is 8.19. The van der Waals surface area contributed by atoms with Crippen molar-refractivity contribution in [3.8, 4) is 0 Å². The third kappa shape index (κ3) is 1.80. The van der Waals surface area contributed by atoms with Gasteiger partial charge in [-0.25, -0.2) is 0 Å². The SMILES string of the molecule is CCSc1cccc(C2(O)COC2)c1. The Balaban J connectivity index is 2.21. The monoisotopic (exact) mass is 210 g/mol. The van der Waals surface area contributed by atoms with E-state index in [0.717, 1.165) is 11.3 Å². The lowest BCUT2D eigenvalue weighted by atomic mass is 9.92. The van der Waals surface area contributed by atoms with E-state index in [1.54, 1.807) is 11.8 Å². The largest absolute Gasteiger partial charge is 0.380 e. The summed E-state index contributed by atoms with van der Waals surface area (Å²) in [6.45, 7) is 2.97. The molecule has 0 aromatic heterocycles. The second-order valence-corrected chi connectivity index (χ2v) is 4.82. The number of aliphatic hydroxyl groups is 1. The van der Waals surface area contributed by atoms with Gasteiger partial charge in [-0.3, -0.25) is 0 Å². The lowest BCUT2D eigenvalue weighted by Gasteiger charge is -2.36. The van der Waals surface area contributed by atoms with Crippen LogP contribution in [0.3, 0.4) is 0 Å². The summed E-state index contributed by atoms with van der Waals surface area (Å²) >= 11 is 1.79. The summed E-state index contributed by atoms with van der Waals surface area (Å²) < 4.78 is 5.04. The first-order chi connectivity index (χ1) is 6.74. The summed E-state index contributed by atoms with van der Waals surface area (Å²) in [5, 5.41) is 10.0. The van der Waals surface area contributed by atoms with Crippen LogP contribution in [0.25, 0.3) is 0 Å². The zero-order chi connectivity index (χ0) is 10.0. The fourth-order valence-corrected chi connectivity index (χ4v) is 2.22. The van der Waals surface area contributed by atoms with E-state index in [4.69, 9.17) is 4.74 Å². The Kier molecular flexibility index (Phi) is 2.81. The Hall–Kier alpha value is -0.510. The van der Waals surface area contributed by atoms with Gasteiger partial charge in [-0.15, -0.1) is 11.8 Å². The molecule has 0 spiro atoms. The van der Waals surface area contributed by atoms with Crippen molar-refractivity contribution in [3.05, 3.63) is 29.8 Å². The van der Waals surface area contributed by atoms with Crippen molar-refractivity contribution in [1.82, 2.24) is 0 Å². The summed E-state index contributed by atoms with van der Waals surface area (Å²) in [5.74, 6) is 1.05. The maximum Gasteiger partial charge on any atom is 0.136 e. The maximum atomic E-state index is 10.0. The van der Waals surface area contributed by atoms with Gasteiger partial charge >= 0.3 is 0 Å². The molecule has 1 saturated heterocycles. The first-order valence-corrected chi connectivity index (χ1v) is 5.76. The number of rotatable bonds is 3. The molecule has 1 aromatic carbocycles. The topological polar surface area (TPSA) is 29.5 Å². The Labute approximate surface area is 88.3 Å². The van der Waals surface area contributed by atoms with Crippen molar-refractivity contribution in [2.75, 3.05) is 19.0 Å². The number of hydrogen-bond donors (Lipinski definition) is 1. The van der Waals surface area contributed by atoms with Crippen LogP contribution in [-0.4, -0.2) is 24.1 Å². The highest BCUT2D eigenvalue weighted by Crippen LogP contribution is 2.31. The molecule has 0 bridgehead atoms. The summed E-state index contributed by atoms with van der Waals surface area (Å²) in [7, 11) is 0. The number of benzene rings is 1. The molecule has 0 saturated carbocycles. The third-order valence-electron chi connectivity index (χ3n) is 2.36. The van der Waals surface area contributed by atoms with Crippen molar-refractivity contribution in [2.45, 2.75) is 17.4 Å². The molecule has 0 unspecified atom stereocenters. The molecule has 1 heterocycles. The van der Waals surface area contributed by atoms with Gasteiger partial charge in [0.2, 0.25) is 0 Å². The van der Waals surface area contributed by atoms with Gasteiger partial charge in [0.25, 0.3) is 0 Å². The number of hydrogen-bond acceptors (Lipinski definition) is 3. The average Bonchev–Trinajstić information content (AvgIpc) is 2.15. The molecule has 14 heavy (non-hydrogen) atoms. The van der Waals surface area contributed by atoms with Gasteiger partial charge in [0.15, 0.2) is 0 Å². The minimum atomic E-state index is -0.732. The van der Waals surface area contributed by atoms with E-state index in [1.165, 1.54) is 4.90 Å². The van der Waals surface area contributed by atoms with Crippen LogP contribution in [0.5, 0.6) is 0 Å². The Morgan fingerprint density at radius 3 is 2.86 bits per heavy atom. The third-order valence-corrected chi connectivity index (χ3v) is 3.24. The van der Waals surface area contributed by atoms with E-state index in [-0.39, 0.29) is 0 Å². The van der Waals surface area contributed by atoms with E-state index in [1.807, 2.05) is 12.1 Å². The first-order valence-electron chi connectivity index (χ1n) is 4.78. The van der Waals surface area contributed by atoms with Gasteiger partial charge in [0.1, 0.15) is 5.60 Å². The summed E-state index contributed by atoms with van der Waals surface area (Å²) in [4.78, 5) is 1.21.